The van der Waals surface area contributed by atoms with Crippen molar-refractivity contribution < 1.29 is 13.9 Å². The van der Waals surface area contributed by atoms with Crippen molar-refractivity contribution in [1.29, 1.82) is 0 Å². The molecule has 0 atom stereocenters. The second-order valence-electron chi connectivity index (χ2n) is 8.20. The third-order valence-corrected chi connectivity index (χ3v) is 4.98. The molecule has 2 aromatic heterocycles. The van der Waals surface area contributed by atoms with Gasteiger partial charge in [0.1, 0.15) is 16.8 Å². The number of ether oxygens (including phenoxy) is 1. The van der Waals surface area contributed by atoms with Crippen molar-refractivity contribution in [2.24, 2.45) is 0 Å². The predicted octanol–water partition coefficient (Wildman–Crippen LogP) is 3.43. The average Bonchev–Trinajstić information content (AvgIpc) is 3.00. The molecule has 0 radical (unpaired) electrons. The molecule has 0 saturated carbocycles. The molecule has 1 amide bonds. The number of nitrogens with zero attached hydrogens (tertiary/aromatic N) is 3. The monoisotopic (exact) mass is 386 g/mol. The van der Waals surface area contributed by atoms with Gasteiger partial charge in [0.15, 0.2) is 5.82 Å². The third kappa shape index (κ3) is 3.34. The number of H-pyrrole nitrogens is 1. The number of halogens is 1. The highest BCUT2D eigenvalue weighted by Gasteiger charge is 2.29. The minimum atomic E-state index is -0.536. The lowest BCUT2D eigenvalue weighted by Crippen LogP contribution is -2.41. The van der Waals surface area contributed by atoms with E-state index in [0.717, 1.165) is 5.69 Å². The molecule has 1 saturated heterocycles. The molecule has 0 aliphatic carbocycles. The highest BCUT2D eigenvalue weighted by molar-refractivity contribution is 5.92. The van der Waals surface area contributed by atoms with Gasteiger partial charge in [-0.1, -0.05) is 6.07 Å². The first-order valence-corrected chi connectivity index (χ1v) is 9.41. The van der Waals surface area contributed by atoms with Crippen LogP contribution in [-0.2, 0) is 4.74 Å². The van der Waals surface area contributed by atoms with Crippen molar-refractivity contribution >= 4 is 22.6 Å². The number of piperidine rings is 1. The van der Waals surface area contributed by atoms with Gasteiger partial charge < -0.3 is 14.6 Å². The minimum Gasteiger partial charge on any atom is -0.444 e. The number of hydrogen-bond acceptors (Lipinski definition) is 4. The Hall–Kier alpha value is -2.90. The number of hydrogen-bond donors (Lipinski definition) is 1. The second kappa shape index (κ2) is 6.61. The summed E-state index contributed by atoms with van der Waals surface area (Å²) in [5.74, 6) is -0.381. The summed E-state index contributed by atoms with van der Waals surface area (Å²) in [7, 11) is 0. The van der Waals surface area contributed by atoms with E-state index in [1.807, 2.05) is 20.8 Å². The third-order valence-electron chi connectivity index (χ3n) is 4.98. The number of carbonyl (C=O) groups is 1. The van der Waals surface area contributed by atoms with Gasteiger partial charge in [-0.05, 0) is 45.7 Å². The summed E-state index contributed by atoms with van der Waals surface area (Å²) in [4.78, 5) is 28.9. The fraction of sp³-hybridized carbons (Fsp3) is 0.450. The Kier molecular flexibility index (Phi) is 4.36. The summed E-state index contributed by atoms with van der Waals surface area (Å²) in [5.41, 5.74) is 0.677. The second-order valence-corrected chi connectivity index (χ2v) is 8.20. The Labute approximate surface area is 161 Å². The highest BCUT2D eigenvalue weighted by Crippen LogP contribution is 2.30. The van der Waals surface area contributed by atoms with Crippen LogP contribution >= 0.6 is 0 Å². The first kappa shape index (κ1) is 18.5. The molecule has 1 N–H and O–H groups in total. The molecule has 1 aliphatic rings. The predicted molar refractivity (Wildman–Crippen MR) is 103 cm³/mol. The zero-order valence-corrected chi connectivity index (χ0v) is 16.2. The molecule has 148 valence electrons. The Morgan fingerprint density at radius 3 is 2.68 bits per heavy atom. The molecule has 4 rings (SSSR count). The van der Waals surface area contributed by atoms with Gasteiger partial charge in [0, 0.05) is 30.5 Å². The van der Waals surface area contributed by atoms with E-state index >= 15 is 0 Å². The smallest absolute Gasteiger partial charge is 0.410 e. The van der Waals surface area contributed by atoms with Gasteiger partial charge in [0.25, 0.3) is 5.56 Å². The largest absolute Gasteiger partial charge is 0.444 e. The van der Waals surface area contributed by atoms with Crippen molar-refractivity contribution in [2.75, 3.05) is 13.1 Å². The fourth-order valence-corrected chi connectivity index (χ4v) is 3.70. The number of nitrogens with one attached hydrogen (secondary N) is 1. The summed E-state index contributed by atoms with van der Waals surface area (Å²) in [6, 6.07) is 6.21. The summed E-state index contributed by atoms with van der Waals surface area (Å²) in [6.07, 6.45) is 1.03. The Morgan fingerprint density at radius 2 is 2.00 bits per heavy atom. The average molecular weight is 386 g/mol. The van der Waals surface area contributed by atoms with Crippen LogP contribution in [0, 0.1) is 5.82 Å². The van der Waals surface area contributed by atoms with E-state index in [0.29, 0.717) is 37.0 Å². The number of rotatable bonds is 1. The minimum absolute atomic E-state index is 0.0425. The van der Waals surface area contributed by atoms with E-state index in [1.54, 1.807) is 21.5 Å². The quantitative estimate of drug-likeness (QED) is 0.695. The van der Waals surface area contributed by atoms with Crippen LogP contribution < -0.4 is 5.56 Å². The van der Waals surface area contributed by atoms with E-state index in [-0.39, 0.29) is 23.1 Å². The van der Waals surface area contributed by atoms with Gasteiger partial charge in [-0.25, -0.2) is 13.7 Å². The Bertz CT molecular complexity index is 1100. The maximum Gasteiger partial charge on any atom is 0.410 e. The first-order chi connectivity index (χ1) is 13.2. The number of aromatic nitrogens is 3. The standard InChI is InChI=1S/C20H23FN4O3/c1-20(2,3)28-19(27)24-9-7-12(8-10-24)15-11-16(26)22-18-13-5-4-6-14(21)17(13)23-25(15)18/h4-6,11-12H,7-10H2,1-3H3,(H,22,26). The van der Waals surface area contributed by atoms with Crippen molar-refractivity contribution in [1.82, 2.24) is 19.5 Å². The lowest BCUT2D eigenvalue weighted by Gasteiger charge is -2.33. The molecule has 0 bridgehead atoms. The van der Waals surface area contributed by atoms with Crippen LogP contribution in [0.2, 0.25) is 0 Å². The van der Waals surface area contributed by atoms with Crippen molar-refractivity contribution in [3.63, 3.8) is 0 Å². The zero-order valence-electron chi connectivity index (χ0n) is 16.2. The molecular weight excluding hydrogens is 363 g/mol. The highest BCUT2D eigenvalue weighted by atomic mass is 19.1. The zero-order chi connectivity index (χ0) is 20.1. The van der Waals surface area contributed by atoms with Crippen LogP contribution in [-0.4, -0.2) is 44.3 Å². The fourth-order valence-electron chi connectivity index (χ4n) is 3.70. The number of likely N-dealkylation sites (tertiary alicyclic amines) is 1. The lowest BCUT2D eigenvalue weighted by molar-refractivity contribution is 0.0203. The van der Waals surface area contributed by atoms with Crippen molar-refractivity contribution in [3.05, 3.63) is 46.1 Å². The molecule has 1 aliphatic heterocycles. The van der Waals surface area contributed by atoms with E-state index in [2.05, 4.69) is 10.1 Å². The molecule has 1 fully saturated rings. The first-order valence-electron chi connectivity index (χ1n) is 9.41. The van der Waals surface area contributed by atoms with E-state index in [9.17, 15) is 14.0 Å². The van der Waals surface area contributed by atoms with Crippen LogP contribution in [0.4, 0.5) is 9.18 Å². The van der Waals surface area contributed by atoms with Crippen molar-refractivity contribution in [3.8, 4) is 0 Å². The van der Waals surface area contributed by atoms with Crippen LogP contribution in [0.15, 0.2) is 29.1 Å². The number of aromatic amines is 1. The van der Waals surface area contributed by atoms with Gasteiger partial charge in [-0.3, -0.25) is 4.79 Å². The Balaban J connectivity index is 1.64. The van der Waals surface area contributed by atoms with Gasteiger partial charge >= 0.3 is 6.09 Å². The van der Waals surface area contributed by atoms with E-state index < -0.39 is 11.4 Å². The summed E-state index contributed by atoms with van der Waals surface area (Å²) in [5, 5.41) is 4.97. The normalized spacial score (nSPS) is 16.1. The van der Waals surface area contributed by atoms with Gasteiger partial charge in [0.05, 0.1) is 5.69 Å². The molecule has 8 heteroatoms. The maximum absolute atomic E-state index is 14.1. The number of carbonyl (C=O) groups excluding carboxylic acids is 1. The number of fused-ring (bicyclic) bond motifs is 3. The van der Waals surface area contributed by atoms with Crippen LogP contribution in [0.3, 0.4) is 0 Å². The van der Waals surface area contributed by atoms with E-state index in [4.69, 9.17) is 4.74 Å². The molecule has 28 heavy (non-hydrogen) atoms. The van der Waals surface area contributed by atoms with Gasteiger partial charge in [-0.15, -0.1) is 0 Å². The van der Waals surface area contributed by atoms with Crippen LogP contribution in [0.1, 0.15) is 45.2 Å². The molecular formula is C20H23FN4O3. The molecule has 7 nitrogen and oxygen atoms in total. The topological polar surface area (TPSA) is 79.7 Å². The van der Waals surface area contributed by atoms with Gasteiger partial charge in [-0.2, -0.15) is 5.10 Å². The number of amides is 1. The number of benzene rings is 1. The molecule has 0 spiro atoms. The lowest BCUT2D eigenvalue weighted by atomic mass is 9.93. The Morgan fingerprint density at radius 1 is 1.29 bits per heavy atom. The summed E-state index contributed by atoms with van der Waals surface area (Å²) < 4.78 is 21.2. The molecule has 1 aromatic carbocycles. The SMILES string of the molecule is CC(C)(C)OC(=O)N1CCC(c2cc(=O)[nH]c3c4cccc(F)c4nn23)CC1. The maximum atomic E-state index is 14.1. The summed E-state index contributed by atoms with van der Waals surface area (Å²) in [6.45, 7) is 6.58. The molecule has 3 heterocycles. The molecule has 0 unspecified atom stereocenters. The summed E-state index contributed by atoms with van der Waals surface area (Å²) >= 11 is 0. The van der Waals surface area contributed by atoms with Crippen LogP contribution in [0.5, 0.6) is 0 Å². The van der Waals surface area contributed by atoms with E-state index in [1.165, 1.54) is 12.1 Å². The molecule has 3 aromatic rings. The van der Waals surface area contributed by atoms with Crippen molar-refractivity contribution in [2.45, 2.75) is 45.1 Å². The van der Waals surface area contributed by atoms with Crippen LogP contribution in [0.25, 0.3) is 16.6 Å². The van der Waals surface area contributed by atoms with Gasteiger partial charge in [0.2, 0.25) is 0 Å².